The first-order valence-corrected chi connectivity index (χ1v) is 7.25. The van der Waals surface area contributed by atoms with Gasteiger partial charge in [0.15, 0.2) is 0 Å². The maximum atomic E-state index is 6.51. The molecule has 1 saturated carbocycles. The standard InChI is InChI=1S/C12H16Cl2S/c1-8-2-4-9(5-3-8)11(14)12-10(13)6-7-15-12/h6-9,11H,2-5H2,1H3. The Kier molecular flexibility index (Phi) is 3.98. The molecule has 0 spiro atoms. The molecule has 0 bridgehead atoms. The van der Waals surface area contributed by atoms with Gasteiger partial charge < -0.3 is 0 Å². The molecule has 0 saturated heterocycles. The average Bonchev–Trinajstić information content (AvgIpc) is 2.65. The zero-order valence-corrected chi connectivity index (χ0v) is 11.2. The van der Waals surface area contributed by atoms with Crippen LogP contribution in [0.15, 0.2) is 11.4 Å². The summed E-state index contributed by atoms with van der Waals surface area (Å²) in [6.45, 7) is 2.33. The number of halogens is 2. The molecular formula is C12H16Cl2S. The Balaban J connectivity index is 2.02. The zero-order valence-electron chi connectivity index (χ0n) is 8.88. The SMILES string of the molecule is CC1CCC(C(Cl)c2sccc2Cl)CC1. The first kappa shape index (κ1) is 11.8. The quantitative estimate of drug-likeness (QED) is 0.617. The predicted molar refractivity (Wildman–Crippen MR) is 69.0 cm³/mol. The maximum absolute atomic E-state index is 6.51. The number of hydrogen-bond donors (Lipinski definition) is 0. The van der Waals surface area contributed by atoms with Gasteiger partial charge in [-0.3, -0.25) is 0 Å². The molecule has 1 aliphatic carbocycles. The summed E-state index contributed by atoms with van der Waals surface area (Å²) >= 11 is 14.3. The van der Waals surface area contributed by atoms with Crippen molar-refractivity contribution in [3.05, 3.63) is 21.3 Å². The Labute approximate surface area is 106 Å². The van der Waals surface area contributed by atoms with Crippen LogP contribution in [0.5, 0.6) is 0 Å². The fourth-order valence-electron chi connectivity index (χ4n) is 2.29. The Morgan fingerprint density at radius 1 is 1.33 bits per heavy atom. The van der Waals surface area contributed by atoms with Crippen molar-refractivity contribution in [1.82, 2.24) is 0 Å². The van der Waals surface area contributed by atoms with Crippen LogP contribution in [0.1, 0.15) is 42.9 Å². The third-order valence-electron chi connectivity index (χ3n) is 3.37. The molecule has 0 aromatic carbocycles. The third-order valence-corrected chi connectivity index (χ3v) is 5.52. The highest BCUT2D eigenvalue weighted by Crippen LogP contribution is 2.44. The summed E-state index contributed by atoms with van der Waals surface area (Å²) in [5.74, 6) is 1.50. The van der Waals surface area contributed by atoms with Gasteiger partial charge in [-0.25, -0.2) is 0 Å². The van der Waals surface area contributed by atoms with E-state index in [-0.39, 0.29) is 5.38 Å². The van der Waals surface area contributed by atoms with Crippen LogP contribution >= 0.6 is 34.5 Å². The van der Waals surface area contributed by atoms with E-state index in [2.05, 4.69) is 6.92 Å². The average molecular weight is 263 g/mol. The number of hydrogen-bond acceptors (Lipinski definition) is 1. The Morgan fingerprint density at radius 3 is 2.53 bits per heavy atom. The van der Waals surface area contributed by atoms with E-state index in [0.717, 1.165) is 15.8 Å². The van der Waals surface area contributed by atoms with Crippen LogP contribution in [0.2, 0.25) is 5.02 Å². The minimum absolute atomic E-state index is 0.130. The van der Waals surface area contributed by atoms with Gasteiger partial charge in [-0.1, -0.05) is 31.4 Å². The predicted octanol–water partition coefficient (Wildman–Crippen LogP) is 5.51. The van der Waals surface area contributed by atoms with Crippen molar-refractivity contribution in [3.8, 4) is 0 Å². The molecule has 1 unspecified atom stereocenters. The molecule has 1 aliphatic rings. The van der Waals surface area contributed by atoms with E-state index in [0.29, 0.717) is 5.92 Å². The summed E-state index contributed by atoms with van der Waals surface area (Å²) in [7, 11) is 0. The molecule has 2 rings (SSSR count). The van der Waals surface area contributed by atoms with E-state index >= 15 is 0 Å². The van der Waals surface area contributed by atoms with Gasteiger partial charge in [-0.15, -0.1) is 22.9 Å². The molecule has 1 fully saturated rings. The Bertz CT molecular complexity index is 313. The highest BCUT2D eigenvalue weighted by molar-refractivity contribution is 7.11. The summed E-state index contributed by atoms with van der Waals surface area (Å²) in [5.41, 5.74) is 0. The largest absolute Gasteiger partial charge is 0.146 e. The lowest BCUT2D eigenvalue weighted by Crippen LogP contribution is -2.16. The van der Waals surface area contributed by atoms with E-state index < -0.39 is 0 Å². The van der Waals surface area contributed by atoms with Gasteiger partial charge in [-0.05, 0) is 36.1 Å². The maximum Gasteiger partial charge on any atom is 0.0721 e. The van der Waals surface area contributed by atoms with Crippen molar-refractivity contribution < 1.29 is 0 Å². The first-order valence-electron chi connectivity index (χ1n) is 5.55. The van der Waals surface area contributed by atoms with E-state index in [1.165, 1.54) is 25.7 Å². The lowest BCUT2D eigenvalue weighted by molar-refractivity contribution is 0.284. The van der Waals surface area contributed by atoms with Gasteiger partial charge in [0.05, 0.1) is 10.4 Å². The molecule has 0 N–H and O–H groups in total. The summed E-state index contributed by atoms with van der Waals surface area (Å²) in [4.78, 5) is 1.16. The zero-order chi connectivity index (χ0) is 10.8. The van der Waals surface area contributed by atoms with Crippen LogP contribution in [0, 0.1) is 11.8 Å². The molecule has 84 valence electrons. The smallest absolute Gasteiger partial charge is 0.0721 e. The summed E-state index contributed by atoms with van der Waals surface area (Å²) in [6.07, 6.45) is 5.14. The highest BCUT2D eigenvalue weighted by Gasteiger charge is 2.27. The van der Waals surface area contributed by atoms with Crippen LogP contribution < -0.4 is 0 Å². The fourth-order valence-corrected chi connectivity index (χ4v) is 4.12. The second-order valence-electron chi connectivity index (χ2n) is 4.55. The van der Waals surface area contributed by atoms with Gasteiger partial charge in [0.1, 0.15) is 0 Å². The lowest BCUT2D eigenvalue weighted by atomic mass is 9.81. The molecule has 0 nitrogen and oxygen atoms in total. The molecule has 15 heavy (non-hydrogen) atoms. The van der Waals surface area contributed by atoms with Crippen LogP contribution in [0.25, 0.3) is 0 Å². The topological polar surface area (TPSA) is 0 Å². The molecule has 3 heteroatoms. The molecule has 1 aromatic heterocycles. The van der Waals surface area contributed by atoms with Gasteiger partial charge in [0, 0.05) is 4.88 Å². The molecule has 1 aromatic rings. The molecule has 0 amide bonds. The molecule has 1 atom stereocenters. The van der Waals surface area contributed by atoms with Crippen molar-refractivity contribution in [3.63, 3.8) is 0 Å². The van der Waals surface area contributed by atoms with E-state index in [1.54, 1.807) is 11.3 Å². The number of alkyl halides is 1. The van der Waals surface area contributed by atoms with Crippen LogP contribution in [-0.4, -0.2) is 0 Å². The first-order chi connectivity index (χ1) is 7.18. The van der Waals surface area contributed by atoms with Gasteiger partial charge in [0.25, 0.3) is 0 Å². The molecule has 0 aliphatic heterocycles. The Morgan fingerprint density at radius 2 is 2.00 bits per heavy atom. The molecule has 0 radical (unpaired) electrons. The van der Waals surface area contributed by atoms with Crippen LogP contribution in [0.4, 0.5) is 0 Å². The lowest BCUT2D eigenvalue weighted by Gasteiger charge is -2.29. The number of rotatable bonds is 2. The van der Waals surface area contributed by atoms with Gasteiger partial charge >= 0.3 is 0 Å². The van der Waals surface area contributed by atoms with Crippen LogP contribution in [0.3, 0.4) is 0 Å². The van der Waals surface area contributed by atoms with Crippen molar-refractivity contribution in [2.45, 2.75) is 38.0 Å². The molecule has 1 heterocycles. The Hall–Kier alpha value is 0.280. The minimum Gasteiger partial charge on any atom is -0.146 e. The summed E-state index contributed by atoms with van der Waals surface area (Å²) < 4.78 is 0. The van der Waals surface area contributed by atoms with Crippen molar-refractivity contribution >= 4 is 34.5 Å². The van der Waals surface area contributed by atoms with Gasteiger partial charge in [-0.2, -0.15) is 0 Å². The molecular weight excluding hydrogens is 247 g/mol. The van der Waals surface area contributed by atoms with Crippen molar-refractivity contribution in [2.75, 3.05) is 0 Å². The van der Waals surface area contributed by atoms with Crippen molar-refractivity contribution in [1.29, 1.82) is 0 Å². The van der Waals surface area contributed by atoms with E-state index in [9.17, 15) is 0 Å². The summed E-state index contributed by atoms with van der Waals surface area (Å²) in [5, 5.41) is 3.00. The third kappa shape index (κ3) is 2.69. The van der Waals surface area contributed by atoms with Crippen molar-refractivity contribution in [2.24, 2.45) is 11.8 Å². The number of thiophene rings is 1. The second kappa shape index (κ2) is 5.07. The summed E-state index contributed by atoms with van der Waals surface area (Å²) in [6, 6.07) is 1.95. The van der Waals surface area contributed by atoms with Gasteiger partial charge in [0.2, 0.25) is 0 Å². The van der Waals surface area contributed by atoms with E-state index in [4.69, 9.17) is 23.2 Å². The highest BCUT2D eigenvalue weighted by atomic mass is 35.5. The monoisotopic (exact) mass is 262 g/mol. The van der Waals surface area contributed by atoms with E-state index in [1.807, 2.05) is 11.4 Å². The minimum atomic E-state index is 0.130. The second-order valence-corrected chi connectivity index (χ2v) is 6.38. The van der Waals surface area contributed by atoms with Crippen LogP contribution in [-0.2, 0) is 0 Å². The fraction of sp³-hybridized carbons (Fsp3) is 0.667. The normalized spacial score (nSPS) is 29.0.